The van der Waals surface area contributed by atoms with Crippen LogP contribution in [0.4, 0.5) is 0 Å². The lowest BCUT2D eigenvalue weighted by atomic mass is 9.83. The van der Waals surface area contributed by atoms with E-state index in [4.69, 9.17) is 4.52 Å². The maximum atomic E-state index is 5.35. The maximum Gasteiger partial charge on any atom is 0.139 e. The van der Waals surface area contributed by atoms with Gasteiger partial charge in [0, 0.05) is 18.0 Å². The fraction of sp³-hybridized carbons (Fsp3) is 0.800. The molecule has 0 amide bonds. The lowest BCUT2D eigenvalue weighted by Gasteiger charge is -2.36. The van der Waals surface area contributed by atoms with Gasteiger partial charge in [-0.05, 0) is 45.2 Å². The average molecular weight is 250 g/mol. The Bertz CT molecular complexity index is 317. The summed E-state index contributed by atoms with van der Waals surface area (Å²) >= 11 is 0. The first-order valence-corrected chi connectivity index (χ1v) is 7.49. The fourth-order valence-corrected chi connectivity index (χ4v) is 3.24. The first-order chi connectivity index (χ1) is 8.85. The summed E-state index contributed by atoms with van der Waals surface area (Å²) in [6.07, 6.45) is 9.46. The molecule has 1 unspecified atom stereocenters. The molecule has 1 aliphatic carbocycles. The van der Waals surface area contributed by atoms with Crippen LogP contribution in [-0.2, 0) is 0 Å². The molecule has 0 radical (unpaired) electrons. The van der Waals surface area contributed by atoms with Gasteiger partial charge in [-0.2, -0.15) is 0 Å². The highest BCUT2D eigenvalue weighted by atomic mass is 16.5. The Balaban J connectivity index is 1.96. The normalized spacial score (nSPS) is 24.6. The summed E-state index contributed by atoms with van der Waals surface area (Å²) in [6.45, 7) is 7.03. The van der Waals surface area contributed by atoms with Crippen LogP contribution >= 0.6 is 0 Å². The van der Waals surface area contributed by atoms with Gasteiger partial charge in [0.2, 0.25) is 0 Å². The third-order valence-corrected chi connectivity index (χ3v) is 4.04. The van der Waals surface area contributed by atoms with E-state index >= 15 is 0 Å². The second kappa shape index (κ2) is 6.93. The highest BCUT2D eigenvalue weighted by Gasteiger charge is 2.28. The van der Waals surface area contributed by atoms with E-state index in [1.54, 1.807) is 6.20 Å². The predicted molar refractivity (Wildman–Crippen MR) is 73.7 cm³/mol. The highest BCUT2D eigenvalue weighted by molar-refractivity contribution is 5.04. The monoisotopic (exact) mass is 250 g/mol. The number of aromatic nitrogens is 1. The molecule has 2 rings (SSSR count). The number of hydrogen-bond donors (Lipinski definition) is 0. The lowest BCUT2D eigenvalue weighted by Crippen LogP contribution is -2.39. The van der Waals surface area contributed by atoms with Crippen molar-refractivity contribution in [1.82, 2.24) is 10.1 Å². The van der Waals surface area contributed by atoms with E-state index in [9.17, 15) is 0 Å². The highest BCUT2D eigenvalue weighted by Crippen LogP contribution is 2.35. The van der Waals surface area contributed by atoms with Gasteiger partial charge in [0.15, 0.2) is 0 Å². The Morgan fingerprint density at radius 2 is 2.06 bits per heavy atom. The lowest BCUT2D eigenvalue weighted by molar-refractivity contribution is 0.139. The van der Waals surface area contributed by atoms with Gasteiger partial charge in [0.1, 0.15) is 5.76 Å². The van der Waals surface area contributed by atoms with Crippen molar-refractivity contribution in [2.45, 2.75) is 64.3 Å². The van der Waals surface area contributed by atoms with Crippen molar-refractivity contribution >= 4 is 0 Å². The van der Waals surface area contributed by atoms with Crippen LogP contribution in [0.5, 0.6) is 0 Å². The van der Waals surface area contributed by atoms with Crippen LogP contribution in [0.1, 0.15) is 64.1 Å². The molecular formula is C15H26N2O. The van der Waals surface area contributed by atoms with E-state index in [-0.39, 0.29) is 0 Å². The smallest absolute Gasteiger partial charge is 0.139 e. The Morgan fingerprint density at radius 1 is 1.28 bits per heavy atom. The molecule has 0 aliphatic heterocycles. The molecule has 1 aromatic heterocycles. The molecule has 102 valence electrons. The molecule has 1 aliphatic rings. The Morgan fingerprint density at radius 3 is 2.67 bits per heavy atom. The predicted octanol–water partition coefficient (Wildman–Crippen LogP) is 3.82. The van der Waals surface area contributed by atoms with E-state index in [1.165, 1.54) is 51.6 Å². The molecule has 1 saturated carbocycles. The average Bonchev–Trinajstić information content (AvgIpc) is 2.93. The van der Waals surface area contributed by atoms with Crippen LogP contribution in [0.25, 0.3) is 0 Å². The minimum absolute atomic E-state index is 0.586. The van der Waals surface area contributed by atoms with Gasteiger partial charge in [-0.15, -0.1) is 0 Å². The summed E-state index contributed by atoms with van der Waals surface area (Å²) in [7, 11) is 0. The summed E-state index contributed by atoms with van der Waals surface area (Å²) < 4.78 is 5.35. The zero-order valence-corrected chi connectivity index (χ0v) is 11.8. The van der Waals surface area contributed by atoms with Crippen LogP contribution in [0.3, 0.4) is 0 Å². The quantitative estimate of drug-likeness (QED) is 0.768. The molecule has 0 N–H and O–H groups in total. The van der Waals surface area contributed by atoms with Crippen molar-refractivity contribution in [1.29, 1.82) is 0 Å². The standard InChI is InChI=1S/C15H26N2O/c1-3-10-17(11-4-2)14-7-5-6-13(12-14)15-8-9-16-18-15/h8-9,13-14H,3-7,10-12H2,1-2H3/t13?,14-/m1/s1. The van der Waals surface area contributed by atoms with E-state index in [0.717, 1.165) is 11.8 Å². The van der Waals surface area contributed by atoms with Gasteiger partial charge in [-0.1, -0.05) is 25.4 Å². The zero-order chi connectivity index (χ0) is 12.8. The number of nitrogens with zero attached hydrogens (tertiary/aromatic N) is 2. The van der Waals surface area contributed by atoms with E-state index in [2.05, 4.69) is 23.9 Å². The number of rotatable bonds is 6. The third kappa shape index (κ3) is 3.35. The molecule has 0 bridgehead atoms. The summed E-state index contributed by atoms with van der Waals surface area (Å²) in [4.78, 5) is 2.68. The molecule has 3 heteroatoms. The largest absolute Gasteiger partial charge is 0.361 e. The molecule has 3 nitrogen and oxygen atoms in total. The van der Waals surface area contributed by atoms with Crippen LogP contribution in [0.2, 0.25) is 0 Å². The molecule has 0 saturated heterocycles. The second-order valence-electron chi connectivity index (χ2n) is 5.47. The summed E-state index contributed by atoms with van der Waals surface area (Å²) in [5.74, 6) is 1.68. The van der Waals surface area contributed by atoms with Crippen LogP contribution < -0.4 is 0 Å². The maximum absolute atomic E-state index is 5.35. The first-order valence-electron chi connectivity index (χ1n) is 7.49. The van der Waals surface area contributed by atoms with Gasteiger partial charge >= 0.3 is 0 Å². The van der Waals surface area contributed by atoms with Crippen molar-refractivity contribution in [2.75, 3.05) is 13.1 Å². The molecule has 0 spiro atoms. The Hall–Kier alpha value is -0.830. The number of hydrogen-bond acceptors (Lipinski definition) is 3. The molecule has 2 atom stereocenters. The molecule has 0 aromatic carbocycles. The molecule has 18 heavy (non-hydrogen) atoms. The van der Waals surface area contributed by atoms with E-state index < -0.39 is 0 Å². The minimum atomic E-state index is 0.586. The summed E-state index contributed by atoms with van der Waals surface area (Å²) in [5.41, 5.74) is 0. The first kappa shape index (κ1) is 13.6. The fourth-order valence-electron chi connectivity index (χ4n) is 3.24. The van der Waals surface area contributed by atoms with Gasteiger partial charge in [-0.25, -0.2) is 0 Å². The topological polar surface area (TPSA) is 29.3 Å². The Kier molecular flexibility index (Phi) is 5.24. The summed E-state index contributed by atoms with van der Waals surface area (Å²) in [5, 5.41) is 3.85. The zero-order valence-electron chi connectivity index (χ0n) is 11.8. The summed E-state index contributed by atoms with van der Waals surface area (Å²) in [6, 6.07) is 2.78. The van der Waals surface area contributed by atoms with Crippen LogP contribution in [0.15, 0.2) is 16.8 Å². The van der Waals surface area contributed by atoms with Crippen molar-refractivity contribution in [3.63, 3.8) is 0 Å². The van der Waals surface area contributed by atoms with Gasteiger partial charge in [0.25, 0.3) is 0 Å². The van der Waals surface area contributed by atoms with Crippen molar-refractivity contribution < 1.29 is 4.52 Å². The molecule has 1 heterocycles. The van der Waals surface area contributed by atoms with Gasteiger partial charge in [0.05, 0.1) is 6.20 Å². The van der Waals surface area contributed by atoms with Crippen LogP contribution in [0, 0.1) is 0 Å². The SMILES string of the molecule is CCCN(CCC)[C@@H]1CCCC(c2ccno2)C1. The van der Waals surface area contributed by atoms with Crippen molar-refractivity contribution in [3.8, 4) is 0 Å². The molecule has 1 aromatic rings. The minimum Gasteiger partial charge on any atom is -0.361 e. The van der Waals surface area contributed by atoms with Gasteiger partial charge < -0.3 is 9.42 Å². The van der Waals surface area contributed by atoms with Crippen molar-refractivity contribution in [2.24, 2.45) is 0 Å². The third-order valence-electron chi connectivity index (χ3n) is 4.04. The van der Waals surface area contributed by atoms with E-state index in [1.807, 2.05) is 6.07 Å². The molecule has 1 fully saturated rings. The second-order valence-corrected chi connectivity index (χ2v) is 5.47. The van der Waals surface area contributed by atoms with Gasteiger partial charge in [-0.3, -0.25) is 0 Å². The molecular weight excluding hydrogens is 224 g/mol. The van der Waals surface area contributed by atoms with Crippen molar-refractivity contribution in [3.05, 3.63) is 18.0 Å². The van der Waals surface area contributed by atoms with Crippen LogP contribution in [-0.4, -0.2) is 29.2 Å². The Labute approximate surface area is 111 Å². The van der Waals surface area contributed by atoms with E-state index in [0.29, 0.717) is 5.92 Å².